The average molecular weight is 441 g/mol. The van der Waals surface area contributed by atoms with Gasteiger partial charge in [-0.3, -0.25) is 4.79 Å². The van der Waals surface area contributed by atoms with Crippen molar-refractivity contribution in [1.29, 1.82) is 0 Å². The molecule has 2 aromatic rings. The van der Waals surface area contributed by atoms with Crippen LogP contribution in [0.3, 0.4) is 0 Å². The Morgan fingerprint density at radius 1 is 1.19 bits per heavy atom. The summed E-state index contributed by atoms with van der Waals surface area (Å²) in [5, 5.41) is 0. The van der Waals surface area contributed by atoms with E-state index >= 15 is 0 Å². The fourth-order valence-electron chi connectivity index (χ4n) is 3.64. The number of benzene rings is 1. The Morgan fingerprint density at radius 2 is 2.03 bits per heavy atom. The first kappa shape index (κ1) is 23.3. The summed E-state index contributed by atoms with van der Waals surface area (Å²) in [7, 11) is 0. The number of hydrogen-bond acceptors (Lipinski definition) is 5. The minimum absolute atomic E-state index is 0.0842. The molecule has 1 aliphatic rings. The molecule has 1 aliphatic heterocycles. The van der Waals surface area contributed by atoms with Gasteiger partial charge in [-0.2, -0.15) is 0 Å². The lowest BCUT2D eigenvalue weighted by Crippen LogP contribution is -2.26. The van der Waals surface area contributed by atoms with E-state index in [1.54, 1.807) is 11.8 Å². The number of unbranched alkanes of at least 4 members (excludes halogenated alkanes) is 1. The van der Waals surface area contributed by atoms with Gasteiger partial charge < -0.3 is 13.9 Å². The minimum atomic E-state index is -0.132. The summed E-state index contributed by atoms with van der Waals surface area (Å²) in [5.41, 5.74) is 2.34. The molecule has 0 N–H and O–H groups in total. The van der Waals surface area contributed by atoms with Crippen LogP contribution in [0, 0.1) is 11.8 Å². The molecule has 31 heavy (non-hydrogen) atoms. The van der Waals surface area contributed by atoms with E-state index in [4.69, 9.17) is 13.9 Å². The zero-order chi connectivity index (χ0) is 22.3. The van der Waals surface area contributed by atoms with Gasteiger partial charge in [0.2, 0.25) is 0 Å². The van der Waals surface area contributed by atoms with Crippen LogP contribution in [-0.2, 0) is 21.4 Å². The van der Waals surface area contributed by atoms with Gasteiger partial charge in [0.1, 0.15) is 11.5 Å². The molecular weight excluding hydrogens is 408 g/mol. The van der Waals surface area contributed by atoms with E-state index in [-0.39, 0.29) is 11.4 Å². The number of thioether (sulfide) groups is 1. The van der Waals surface area contributed by atoms with Gasteiger partial charge in [-0.25, -0.2) is 0 Å². The zero-order valence-electron chi connectivity index (χ0n) is 19.0. The fraction of sp³-hybridized carbons (Fsp3) is 0.500. The summed E-state index contributed by atoms with van der Waals surface area (Å²) < 4.78 is 16.8. The van der Waals surface area contributed by atoms with Crippen LogP contribution in [0.4, 0.5) is 0 Å². The molecule has 4 nitrogen and oxygen atoms in total. The van der Waals surface area contributed by atoms with Crippen LogP contribution in [-0.4, -0.2) is 24.9 Å². The summed E-state index contributed by atoms with van der Waals surface area (Å²) >= 11 is 1.78. The van der Waals surface area contributed by atoms with E-state index in [9.17, 15) is 4.79 Å². The lowest BCUT2D eigenvalue weighted by atomic mass is 9.79. The van der Waals surface area contributed by atoms with Crippen LogP contribution < -0.4 is 4.74 Å². The van der Waals surface area contributed by atoms with E-state index in [2.05, 4.69) is 44.7 Å². The number of aryl methyl sites for hydroxylation is 1. The van der Waals surface area contributed by atoms with E-state index in [1.807, 2.05) is 19.1 Å². The van der Waals surface area contributed by atoms with Gasteiger partial charge >= 0.3 is 5.97 Å². The number of ether oxygens (including phenoxy) is 2. The predicted molar refractivity (Wildman–Crippen MR) is 125 cm³/mol. The Morgan fingerprint density at radius 3 is 2.81 bits per heavy atom. The highest BCUT2D eigenvalue weighted by molar-refractivity contribution is 7.99. The predicted octanol–water partition coefficient (Wildman–Crippen LogP) is 6.13. The average Bonchev–Trinajstić information content (AvgIpc) is 3.18. The minimum Gasteiger partial charge on any atom is -0.493 e. The third-order valence-corrected chi connectivity index (χ3v) is 6.37. The first-order valence-corrected chi connectivity index (χ1v) is 12.1. The molecule has 0 bridgehead atoms. The molecule has 0 unspecified atom stereocenters. The molecule has 1 aromatic carbocycles. The number of carbonyl (C=O) groups excluding carboxylic acids is 1. The van der Waals surface area contributed by atoms with E-state index in [0.717, 1.165) is 60.0 Å². The number of esters is 1. The smallest absolute Gasteiger partial charge is 0.305 e. The normalized spacial score (nSPS) is 14.2. The van der Waals surface area contributed by atoms with Gasteiger partial charge in [0, 0.05) is 28.9 Å². The van der Waals surface area contributed by atoms with Crippen molar-refractivity contribution in [3.8, 4) is 17.6 Å². The van der Waals surface area contributed by atoms with Crippen LogP contribution >= 0.6 is 11.8 Å². The van der Waals surface area contributed by atoms with Crippen LogP contribution in [0.15, 0.2) is 33.6 Å². The SMILES string of the molecule is CCOC(=O)CCCCc1ccc(C#Cc2cc3c(cc2SCC)OCCC3(C)C)o1. The molecule has 0 aliphatic carbocycles. The Kier molecular flexibility index (Phi) is 8.15. The highest BCUT2D eigenvalue weighted by Crippen LogP contribution is 2.41. The van der Waals surface area contributed by atoms with Crippen molar-refractivity contribution in [3.63, 3.8) is 0 Å². The van der Waals surface area contributed by atoms with Gasteiger partial charge in [-0.1, -0.05) is 26.7 Å². The maximum Gasteiger partial charge on any atom is 0.305 e. The fourth-order valence-corrected chi connectivity index (χ4v) is 4.41. The molecule has 0 atom stereocenters. The highest BCUT2D eigenvalue weighted by atomic mass is 32.2. The molecule has 0 amide bonds. The molecular formula is C26H32O4S. The van der Waals surface area contributed by atoms with E-state index in [1.165, 1.54) is 5.56 Å². The molecule has 0 spiro atoms. The number of hydrogen-bond donors (Lipinski definition) is 0. The molecule has 166 valence electrons. The largest absolute Gasteiger partial charge is 0.493 e. The lowest BCUT2D eigenvalue weighted by molar-refractivity contribution is -0.143. The summed E-state index contributed by atoms with van der Waals surface area (Å²) in [4.78, 5) is 12.6. The van der Waals surface area contributed by atoms with Crippen molar-refractivity contribution >= 4 is 17.7 Å². The Labute approximate surface area is 190 Å². The van der Waals surface area contributed by atoms with Gasteiger partial charge in [0.25, 0.3) is 0 Å². The summed E-state index contributed by atoms with van der Waals surface area (Å²) in [5.74, 6) is 9.93. The van der Waals surface area contributed by atoms with Crippen LogP contribution in [0.2, 0.25) is 0 Å². The molecule has 2 heterocycles. The summed E-state index contributed by atoms with van der Waals surface area (Å²) in [6.45, 7) is 9.69. The second-order valence-electron chi connectivity index (χ2n) is 8.29. The van der Waals surface area contributed by atoms with Crippen molar-refractivity contribution in [2.75, 3.05) is 19.0 Å². The lowest BCUT2D eigenvalue weighted by Gasteiger charge is -2.33. The first-order valence-electron chi connectivity index (χ1n) is 11.1. The van der Waals surface area contributed by atoms with Crippen LogP contribution in [0.25, 0.3) is 0 Å². The van der Waals surface area contributed by atoms with Gasteiger partial charge in [0.15, 0.2) is 5.76 Å². The molecule has 3 rings (SSSR count). The number of furan rings is 1. The van der Waals surface area contributed by atoms with Gasteiger partial charge in [0.05, 0.1) is 13.2 Å². The van der Waals surface area contributed by atoms with E-state index in [0.29, 0.717) is 18.8 Å². The molecule has 0 saturated heterocycles. The summed E-state index contributed by atoms with van der Waals surface area (Å²) in [6, 6.07) is 8.23. The Bertz CT molecular complexity index is 962. The van der Waals surface area contributed by atoms with Crippen molar-refractivity contribution in [1.82, 2.24) is 0 Å². The maximum atomic E-state index is 11.4. The third-order valence-electron chi connectivity index (χ3n) is 5.44. The zero-order valence-corrected chi connectivity index (χ0v) is 19.8. The van der Waals surface area contributed by atoms with Gasteiger partial charge in [-0.05, 0) is 67.5 Å². The maximum absolute atomic E-state index is 11.4. The molecule has 0 fully saturated rings. The molecule has 0 radical (unpaired) electrons. The van der Waals surface area contributed by atoms with E-state index < -0.39 is 0 Å². The number of carbonyl (C=O) groups is 1. The second-order valence-corrected chi connectivity index (χ2v) is 9.59. The Balaban J connectivity index is 1.70. The van der Waals surface area contributed by atoms with Crippen molar-refractivity contribution in [2.45, 2.75) is 70.1 Å². The Hall–Kier alpha value is -2.32. The second kappa shape index (κ2) is 10.8. The number of rotatable bonds is 8. The molecule has 0 saturated carbocycles. The van der Waals surface area contributed by atoms with Crippen LogP contribution in [0.1, 0.15) is 76.0 Å². The van der Waals surface area contributed by atoms with Crippen LogP contribution in [0.5, 0.6) is 5.75 Å². The summed E-state index contributed by atoms with van der Waals surface area (Å²) in [6.07, 6.45) is 3.94. The van der Waals surface area contributed by atoms with Crippen molar-refractivity contribution in [3.05, 3.63) is 46.9 Å². The van der Waals surface area contributed by atoms with Crippen molar-refractivity contribution in [2.24, 2.45) is 0 Å². The quantitative estimate of drug-likeness (QED) is 0.214. The highest BCUT2D eigenvalue weighted by Gasteiger charge is 2.29. The van der Waals surface area contributed by atoms with Crippen molar-refractivity contribution < 1.29 is 18.7 Å². The molecule has 5 heteroatoms. The topological polar surface area (TPSA) is 48.7 Å². The monoisotopic (exact) mass is 440 g/mol. The third kappa shape index (κ3) is 6.33. The number of fused-ring (bicyclic) bond motifs is 1. The molecule has 1 aromatic heterocycles. The van der Waals surface area contributed by atoms with Gasteiger partial charge in [-0.15, -0.1) is 11.8 Å². The standard InChI is InChI=1S/C26H32O4S/c1-5-28-25(27)10-8-7-9-20-13-14-21(30-20)12-11-19-17-22-23(18-24(19)31-6-2)29-16-15-26(22,3)4/h13-14,17-18H,5-10,15-16H2,1-4H3. The first-order chi connectivity index (χ1) is 14.9.